The molecule has 1 unspecified atom stereocenters. The van der Waals surface area contributed by atoms with E-state index in [2.05, 4.69) is 5.48 Å². The Kier molecular flexibility index (Phi) is 3.20. The molecule has 6 heteroatoms. The van der Waals surface area contributed by atoms with Crippen LogP contribution in [0, 0.1) is 0 Å². The Morgan fingerprint density at radius 3 is 2.52 bits per heavy atom. The lowest BCUT2D eigenvalue weighted by atomic mass is 9.77. The van der Waals surface area contributed by atoms with Crippen LogP contribution in [0.3, 0.4) is 0 Å². The summed E-state index contributed by atoms with van der Waals surface area (Å²) in [4.78, 5) is 18.0. The summed E-state index contributed by atoms with van der Waals surface area (Å²) in [5.74, 6) is 1.13. The first-order valence-electron chi connectivity index (χ1n) is 8.46. The van der Waals surface area contributed by atoms with E-state index in [1.165, 1.54) is 6.07 Å². The monoisotopic (exact) mass is 361 g/mol. The normalized spacial score (nSPS) is 18.9. The van der Waals surface area contributed by atoms with Gasteiger partial charge in [0.05, 0.1) is 5.56 Å². The molecule has 2 N–H and O–H groups in total. The van der Waals surface area contributed by atoms with Gasteiger partial charge < -0.3 is 19.4 Å². The average molecular weight is 361 g/mol. The first kappa shape index (κ1) is 15.7. The van der Waals surface area contributed by atoms with Gasteiger partial charge in [-0.25, -0.2) is 4.79 Å². The quantitative estimate of drug-likeness (QED) is 0.538. The van der Waals surface area contributed by atoms with Crippen LogP contribution in [0.15, 0.2) is 60.7 Å². The molecule has 2 aliphatic heterocycles. The van der Waals surface area contributed by atoms with Gasteiger partial charge in [-0.1, -0.05) is 18.2 Å². The van der Waals surface area contributed by atoms with E-state index in [0.29, 0.717) is 33.9 Å². The molecule has 0 bridgehead atoms. The minimum Gasteiger partial charge on any atom is -0.508 e. The van der Waals surface area contributed by atoms with Gasteiger partial charge in [0.2, 0.25) is 0 Å². The fraction of sp³-hybridized carbons (Fsp3) is 0.0952. The number of hydrogen-bond donors (Lipinski definition) is 2. The second-order valence-electron chi connectivity index (χ2n) is 6.36. The highest BCUT2D eigenvalue weighted by Crippen LogP contribution is 2.56. The van der Waals surface area contributed by atoms with Crippen molar-refractivity contribution in [3.05, 3.63) is 82.9 Å². The zero-order chi connectivity index (χ0) is 18.6. The number of carbonyl (C=O) groups is 1. The second kappa shape index (κ2) is 5.49. The number of hydrogen-bond acceptors (Lipinski definition) is 6. The van der Waals surface area contributed by atoms with Gasteiger partial charge in [0.1, 0.15) is 17.2 Å². The first-order chi connectivity index (χ1) is 13.1. The third-order valence-electron chi connectivity index (χ3n) is 4.89. The molecule has 1 atom stereocenters. The number of ether oxygens (including phenoxy) is 2. The van der Waals surface area contributed by atoms with E-state index in [-0.39, 0.29) is 5.75 Å². The second-order valence-corrected chi connectivity index (χ2v) is 6.36. The number of carbonyl (C=O) groups excluding carboxylic acids is 1. The highest BCUT2D eigenvalue weighted by molar-refractivity contribution is 5.97. The Bertz CT molecular complexity index is 1090. The smallest absolute Gasteiger partial charge is 0.340 e. The number of aromatic hydroxyl groups is 1. The number of phenolic OH excluding ortho intramolecular Hbond substituents is 1. The van der Waals surface area contributed by atoms with Crippen LogP contribution < -0.4 is 15.1 Å². The number of rotatable bonds is 2. The highest BCUT2D eigenvalue weighted by atomic mass is 16.6. The Labute approximate surface area is 154 Å². The van der Waals surface area contributed by atoms with Crippen molar-refractivity contribution in [2.24, 2.45) is 0 Å². The van der Waals surface area contributed by atoms with Crippen LogP contribution in [0.2, 0.25) is 0 Å². The average Bonchev–Trinajstić information content (AvgIpc) is 2.95. The minimum absolute atomic E-state index is 0.0626. The fourth-order valence-electron chi connectivity index (χ4n) is 3.83. The molecule has 27 heavy (non-hydrogen) atoms. The molecule has 2 heterocycles. The van der Waals surface area contributed by atoms with Gasteiger partial charge in [0.15, 0.2) is 11.4 Å². The molecule has 0 aromatic heterocycles. The van der Waals surface area contributed by atoms with Gasteiger partial charge in [0, 0.05) is 35.9 Å². The summed E-state index contributed by atoms with van der Waals surface area (Å²) < 4.78 is 12.0. The standard InChI is InChI=1S/C21H15NO5/c1-22-27-13-7-9-17-19(11-13)25-18-10-12(23)6-8-16(18)21(17)15-5-3-2-4-14(15)20(24)26-21/h2-11,22-23H,1H3. The maximum Gasteiger partial charge on any atom is 0.340 e. The van der Waals surface area contributed by atoms with Gasteiger partial charge in [-0.05, 0) is 30.3 Å². The molecule has 0 amide bonds. The first-order valence-corrected chi connectivity index (χ1v) is 8.46. The molecular weight excluding hydrogens is 346 g/mol. The number of phenols is 1. The van der Waals surface area contributed by atoms with Gasteiger partial charge in [-0.2, -0.15) is 5.48 Å². The predicted molar refractivity (Wildman–Crippen MR) is 96.1 cm³/mol. The molecule has 1 spiro atoms. The van der Waals surface area contributed by atoms with E-state index in [9.17, 15) is 9.90 Å². The largest absolute Gasteiger partial charge is 0.508 e. The Morgan fingerprint density at radius 1 is 0.963 bits per heavy atom. The van der Waals surface area contributed by atoms with E-state index >= 15 is 0 Å². The van der Waals surface area contributed by atoms with Crippen LogP contribution >= 0.6 is 0 Å². The van der Waals surface area contributed by atoms with Gasteiger partial charge in [0.25, 0.3) is 0 Å². The number of esters is 1. The lowest BCUT2D eigenvalue weighted by Gasteiger charge is -2.36. The van der Waals surface area contributed by atoms with Crippen molar-refractivity contribution >= 4 is 5.97 Å². The van der Waals surface area contributed by atoms with E-state index in [1.54, 1.807) is 43.4 Å². The summed E-state index contributed by atoms with van der Waals surface area (Å²) in [6.07, 6.45) is 0. The maximum absolute atomic E-state index is 12.6. The van der Waals surface area contributed by atoms with Crippen LogP contribution in [-0.2, 0) is 10.3 Å². The summed E-state index contributed by atoms with van der Waals surface area (Å²) >= 11 is 0. The van der Waals surface area contributed by atoms with Crippen LogP contribution in [-0.4, -0.2) is 18.1 Å². The lowest BCUT2D eigenvalue weighted by molar-refractivity contribution is 0.0224. The van der Waals surface area contributed by atoms with Crippen molar-refractivity contribution in [2.45, 2.75) is 5.60 Å². The molecular formula is C21H15NO5. The van der Waals surface area contributed by atoms with Crippen molar-refractivity contribution < 1.29 is 24.2 Å². The van der Waals surface area contributed by atoms with E-state index < -0.39 is 11.6 Å². The molecule has 3 aromatic rings. The number of fused-ring (bicyclic) bond motifs is 6. The Hall–Kier alpha value is -3.51. The number of benzene rings is 3. The highest BCUT2D eigenvalue weighted by Gasteiger charge is 2.53. The molecule has 0 radical (unpaired) electrons. The summed E-state index contributed by atoms with van der Waals surface area (Å²) in [6.45, 7) is 0. The summed E-state index contributed by atoms with van der Waals surface area (Å²) in [5.41, 5.74) is 4.10. The topological polar surface area (TPSA) is 77.0 Å². The maximum atomic E-state index is 12.6. The van der Waals surface area contributed by atoms with E-state index in [4.69, 9.17) is 14.3 Å². The molecule has 6 nitrogen and oxygen atoms in total. The zero-order valence-corrected chi connectivity index (χ0v) is 14.4. The van der Waals surface area contributed by atoms with Crippen LogP contribution in [0.1, 0.15) is 27.0 Å². The molecule has 0 aliphatic carbocycles. The molecule has 2 aliphatic rings. The molecule has 5 rings (SSSR count). The van der Waals surface area contributed by atoms with Crippen molar-refractivity contribution in [2.75, 3.05) is 7.05 Å². The van der Waals surface area contributed by atoms with Crippen LogP contribution in [0.25, 0.3) is 0 Å². The minimum atomic E-state index is -1.14. The Morgan fingerprint density at radius 2 is 1.70 bits per heavy atom. The van der Waals surface area contributed by atoms with Crippen molar-refractivity contribution in [3.8, 4) is 23.0 Å². The number of nitrogens with one attached hydrogen (secondary N) is 1. The van der Waals surface area contributed by atoms with Gasteiger partial charge in [-0.3, -0.25) is 0 Å². The lowest BCUT2D eigenvalue weighted by Crippen LogP contribution is -2.33. The fourth-order valence-corrected chi connectivity index (χ4v) is 3.83. The van der Waals surface area contributed by atoms with Crippen LogP contribution in [0.5, 0.6) is 23.0 Å². The summed E-state index contributed by atoms with van der Waals surface area (Å²) in [7, 11) is 1.66. The molecule has 134 valence electrons. The molecule has 3 aromatic carbocycles. The van der Waals surface area contributed by atoms with Crippen molar-refractivity contribution in [1.82, 2.24) is 5.48 Å². The van der Waals surface area contributed by atoms with E-state index in [1.807, 2.05) is 18.2 Å². The van der Waals surface area contributed by atoms with Gasteiger partial charge >= 0.3 is 5.97 Å². The number of hydroxylamine groups is 1. The SMILES string of the molecule is CNOc1ccc2c(c1)Oc1cc(O)ccc1C21OC(=O)c2ccccc21. The van der Waals surface area contributed by atoms with Crippen molar-refractivity contribution in [1.29, 1.82) is 0 Å². The molecule has 0 fully saturated rings. The summed E-state index contributed by atoms with van der Waals surface area (Å²) in [6, 6.07) is 17.4. The van der Waals surface area contributed by atoms with Gasteiger partial charge in [-0.15, -0.1) is 0 Å². The zero-order valence-electron chi connectivity index (χ0n) is 14.4. The Balaban J connectivity index is 1.84. The summed E-state index contributed by atoms with van der Waals surface area (Å²) in [5, 5.41) is 9.93. The third-order valence-corrected chi connectivity index (χ3v) is 4.89. The van der Waals surface area contributed by atoms with Crippen LogP contribution in [0.4, 0.5) is 0 Å². The third kappa shape index (κ3) is 2.07. The molecule has 0 saturated heterocycles. The van der Waals surface area contributed by atoms with Crippen molar-refractivity contribution in [3.63, 3.8) is 0 Å². The molecule has 0 saturated carbocycles. The predicted octanol–water partition coefficient (Wildman–Crippen LogP) is 3.47. The van der Waals surface area contributed by atoms with E-state index in [0.717, 1.165) is 5.56 Å².